The van der Waals surface area contributed by atoms with Gasteiger partial charge in [0, 0.05) is 10.8 Å². The topological polar surface area (TPSA) is 13.1 Å². The lowest BCUT2D eigenvalue weighted by Crippen LogP contribution is -1.90. The molecule has 0 aliphatic rings. The molecular formula is C44H26O. The van der Waals surface area contributed by atoms with E-state index in [0.29, 0.717) is 27.7 Å². The van der Waals surface area contributed by atoms with Crippen molar-refractivity contribution >= 4 is 65.0 Å². The first-order valence-electron chi connectivity index (χ1n) is 20.5. The minimum atomic E-state index is -0.523. The summed E-state index contributed by atoms with van der Waals surface area (Å²) in [5.41, 5.74) is 3.65. The highest BCUT2D eigenvalue weighted by molar-refractivity contribution is 6.29. The fourth-order valence-electron chi connectivity index (χ4n) is 6.78. The van der Waals surface area contributed by atoms with Gasteiger partial charge < -0.3 is 4.42 Å². The van der Waals surface area contributed by atoms with Crippen LogP contribution < -0.4 is 0 Å². The molecule has 0 aliphatic heterocycles. The van der Waals surface area contributed by atoms with Gasteiger partial charge in [0.25, 0.3) is 0 Å². The van der Waals surface area contributed by atoms with Crippen molar-refractivity contribution in [3.05, 3.63) is 157 Å². The van der Waals surface area contributed by atoms with Gasteiger partial charge in [-0.1, -0.05) is 133 Å². The van der Waals surface area contributed by atoms with E-state index in [-0.39, 0.29) is 52.1 Å². The summed E-state index contributed by atoms with van der Waals surface area (Å²) in [4.78, 5) is 0. The largest absolute Gasteiger partial charge is 0.456 e. The Morgan fingerprint density at radius 3 is 1.91 bits per heavy atom. The fraction of sp³-hybridized carbons (Fsp3) is 0. The Hall–Kier alpha value is -5.92. The Bertz CT molecular complexity index is 3410. The van der Waals surface area contributed by atoms with Crippen LogP contribution in [-0.2, 0) is 0 Å². The summed E-state index contributed by atoms with van der Waals surface area (Å²) in [5.74, 6) is 0. The van der Waals surface area contributed by atoms with Crippen molar-refractivity contribution in [2.24, 2.45) is 0 Å². The van der Waals surface area contributed by atoms with Gasteiger partial charge in [0.15, 0.2) is 0 Å². The second-order valence-electron chi connectivity index (χ2n) is 11.1. The molecule has 0 saturated heterocycles. The molecule has 0 bridgehead atoms. The quantitative estimate of drug-likeness (QED) is 0.189. The average molecular weight is 583 g/mol. The third-order valence-electron chi connectivity index (χ3n) is 8.74. The van der Waals surface area contributed by atoms with Crippen LogP contribution in [0.5, 0.6) is 0 Å². The third-order valence-corrected chi connectivity index (χ3v) is 8.74. The third kappa shape index (κ3) is 3.62. The van der Waals surface area contributed by atoms with Crippen LogP contribution >= 0.6 is 0 Å². The summed E-state index contributed by atoms with van der Waals surface area (Å²) in [6, 6.07) is 21.8. The summed E-state index contributed by atoms with van der Waals surface area (Å²) >= 11 is 0. The van der Waals surface area contributed by atoms with E-state index in [1.54, 1.807) is 12.1 Å². The second kappa shape index (κ2) is 9.29. The predicted molar refractivity (Wildman–Crippen MR) is 191 cm³/mol. The molecule has 1 nitrogen and oxygen atoms in total. The molecule has 0 aliphatic carbocycles. The smallest absolute Gasteiger partial charge is 0.136 e. The van der Waals surface area contributed by atoms with E-state index in [2.05, 4.69) is 0 Å². The molecule has 208 valence electrons. The maximum absolute atomic E-state index is 9.27. The number of rotatable bonds is 3. The van der Waals surface area contributed by atoms with Crippen LogP contribution in [0.3, 0.4) is 0 Å². The lowest BCUT2D eigenvalue weighted by Gasteiger charge is -2.17. The molecule has 10 aromatic rings. The molecule has 1 aromatic heterocycles. The van der Waals surface area contributed by atoms with Crippen molar-refractivity contribution in [2.75, 3.05) is 0 Å². The van der Waals surface area contributed by atoms with Crippen LogP contribution in [0.15, 0.2) is 162 Å². The SMILES string of the molecule is [2H]c1c([2H])c([2H])c(-c2cc(-c3ccc4ccc5c(-c6c([2H])c([2H])c7c([2H])c([2H])c([2H])c([2H])c7c6[2H])ccc6ccc3c4c65)c3c(c2)oc2ccccc23)c([2H])c1[2H]. The molecule has 0 radical (unpaired) electrons. The number of hydrogen-bond acceptors (Lipinski definition) is 1. The number of para-hydroxylation sites is 1. The Balaban J connectivity index is 1.30. The monoisotopic (exact) mass is 582 g/mol. The molecular weight excluding hydrogens is 544 g/mol. The highest BCUT2D eigenvalue weighted by Gasteiger charge is 2.19. The zero-order chi connectivity index (χ0) is 39.9. The molecule has 0 spiro atoms. The summed E-state index contributed by atoms with van der Waals surface area (Å²) in [6.45, 7) is 0. The van der Waals surface area contributed by atoms with Crippen LogP contribution in [0, 0.1) is 0 Å². The number of benzene rings is 9. The lowest BCUT2D eigenvalue weighted by molar-refractivity contribution is 0.669. The normalized spacial score (nSPS) is 15.7. The van der Waals surface area contributed by atoms with Crippen molar-refractivity contribution in [3.8, 4) is 33.4 Å². The van der Waals surface area contributed by atoms with Crippen molar-refractivity contribution in [1.82, 2.24) is 0 Å². The summed E-state index contributed by atoms with van der Waals surface area (Å²) < 4.78 is 110. The molecule has 9 aromatic carbocycles. The van der Waals surface area contributed by atoms with Crippen LogP contribution in [0.4, 0.5) is 0 Å². The molecule has 1 heteroatoms. The molecule has 0 amide bonds. The summed E-state index contributed by atoms with van der Waals surface area (Å²) in [6.07, 6.45) is 0. The summed E-state index contributed by atoms with van der Waals surface area (Å²) in [5, 5.41) is 6.40. The minimum Gasteiger partial charge on any atom is -0.456 e. The van der Waals surface area contributed by atoms with Gasteiger partial charge in [0.05, 0.1) is 16.4 Å². The van der Waals surface area contributed by atoms with Gasteiger partial charge in [-0.05, 0) is 101 Å². The van der Waals surface area contributed by atoms with Gasteiger partial charge in [-0.3, -0.25) is 0 Å². The van der Waals surface area contributed by atoms with E-state index in [4.69, 9.17) is 19.5 Å². The molecule has 0 saturated carbocycles. The van der Waals surface area contributed by atoms with Crippen LogP contribution in [0.2, 0.25) is 0 Å². The van der Waals surface area contributed by atoms with E-state index in [0.717, 1.165) is 48.8 Å². The van der Waals surface area contributed by atoms with Crippen LogP contribution in [0.25, 0.3) is 98.4 Å². The van der Waals surface area contributed by atoms with E-state index < -0.39 is 42.3 Å². The van der Waals surface area contributed by atoms with Gasteiger partial charge in [0.1, 0.15) is 11.2 Å². The van der Waals surface area contributed by atoms with Gasteiger partial charge in [-0.2, -0.15) is 0 Å². The minimum absolute atomic E-state index is 0.0540. The van der Waals surface area contributed by atoms with E-state index >= 15 is 0 Å². The van der Waals surface area contributed by atoms with Gasteiger partial charge in [-0.15, -0.1) is 0 Å². The Kier molecular flexibility index (Phi) is 3.24. The lowest BCUT2D eigenvalue weighted by atomic mass is 9.86. The van der Waals surface area contributed by atoms with E-state index in [1.807, 2.05) is 72.8 Å². The van der Waals surface area contributed by atoms with Crippen molar-refractivity contribution in [2.45, 2.75) is 0 Å². The highest BCUT2D eigenvalue weighted by Crippen LogP contribution is 2.46. The van der Waals surface area contributed by atoms with Crippen LogP contribution in [-0.4, -0.2) is 0 Å². The Morgan fingerprint density at radius 1 is 0.400 bits per heavy atom. The highest BCUT2D eigenvalue weighted by atomic mass is 16.3. The fourth-order valence-corrected chi connectivity index (χ4v) is 6.78. The van der Waals surface area contributed by atoms with Gasteiger partial charge >= 0.3 is 0 Å². The van der Waals surface area contributed by atoms with Gasteiger partial charge in [0.2, 0.25) is 0 Å². The van der Waals surface area contributed by atoms with Crippen molar-refractivity contribution < 1.29 is 20.9 Å². The first-order chi connectivity index (χ1) is 27.3. The first kappa shape index (κ1) is 15.7. The molecule has 0 atom stereocenters. The van der Waals surface area contributed by atoms with E-state index in [9.17, 15) is 1.37 Å². The maximum atomic E-state index is 9.27. The number of furan rings is 1. The number of fused-ring (bicyclic) bond motifs is 4. The Morgan fingerprint density at radius 2 is 1.09 bits per heavy atom. The first-order valence-corrected chi connectivity index (χ1v) is 14.5. The van der Waals surface area contributed by atoms with Gasteiger partial charge in [-0.25, -0.2) is 0 Å². The zero-order valence-electron chi connectivity index (χ0n) is 35.5. The molecule has 0 fully saturated rings. The summed E-state index contributed by atoms with van der Waals surface area (Å²) in [7, 11) is 0. The standard InChI is InChI=1S/C44H26O/c1-2-8-27(9-3-1)33-25-39(44-38-12-6-7-13-40(38)45-41(44)26-33)35-21-17-30-18-22-36-34(20-16-29-19-23-37(35)43(30)42(29)36)32-15-14-28-10-4-5-11-31(28)24-32/h1-26H/i1D,2D,3D,4D,5D,8D,9D,10D,11D,14D,15D,24D. The number of hydrogen-bond donors (Lipinski definition) is 0. The average Bonchev–Trinajstić information content (AvgIpc) is 3.60. The van der Waals surface area contributed by atoms with Crippen molar-refractivity contribution in [3.63, 3.8) is 0 Å². The zero-order valence-corrected chi connectivity index (χ0v) is 23.5. The van der Waals surface area contributed by atoms with Crippen molar-refractivity contribution in [1.29, 1.82) is 0 Å². The molecule has 0 unspecified atom stereocenters. The molecule has 0 N–H and O–H groups in total. The van der Waals surface area contributed by atoms with Crippen LogP contribution in [0.1, 0.15) is 16.4 Å². The predicted octanol–water partition coefficient (Wildman–Crippen LogP) is 12.6. The van der Waals surface area contributed by atoms with E-state index in [1.165, 1.54) is 0 Å². The molecule has 45 heavy (non-hydrogen) atoms. The second-order valence-corrected chi connectivity index (χ2v) is 11.1. The molecule has 1 heterocycles. The maximum Gasteiger partial charge on any atom is 0.136 e. The Labute approximate surface area is 276 Å². The molecule has 10 rings (SSSR count).